The number of hydrogen-bond donors (Lipinski definition) is 1. The molecule has 0 bridgehead atoms. The molecule has 1 aromatic carbocycles. The fourth-order valence-electron chi connectivity index (χ4n) is 4.43. The minimum atomic E-state index is -0.0909. The maximum absolute atomic E-state index is 13.0. The van der Waals surface area contributed by atoms with Gasteiger partial charge in [-0.3, -0.25) is 9.69 Å². The number of amides is 1. The largest absolute Gasteiger partial charge is 0.388 e. The summed E-state index contributed by atoms with van der Waals surface area (Å²) in [7, 11) is 1.91. The predicted octanol–water partition coefficient (Wildman–Crippen LogP) is 1.46. The van der Waals surface area contributed by atoms with Crippen LogP contribution in [0.15, 0.2) is 24.3 Å². The van der Waals surface area contributed by atoms with Gasteiger partial charge in [0.25, 0.3) is 0 Å². The number of rotatable bonds is 4. The maximum atomic E-state index is 13.0. The smallest absolute Gasteiger partial charge is 0.241 e. The lowest BCUT2D eigenvalue weighted by atomic mass is 9.96. The van der Waals surface area contributed by atoms with E-state index in [0.717, 1.165) is 43.9 Å². The second kappa shape index (κ2) is 7.40. The number of piperidine rings is 1. The van der Waals surface area contributed by atoms with Crippen molar-refractivity contribution in [3.8, 4) is 0 Å². The van der Waals surface area contributed by atoms with Crippen LogP contribution < -0.4 is 4.90 Å². The Morgan fingerprint density at radius 3 is 2.67 bits per heavy atom. The molecule has 0 saturated carbocycles. The average molecular weight is 369 g/mol. The van der Waals surface area contributed by atoms with Crippen molar-refractivity contribution in [1.82, 2.24) is 19.7 Å². The molecule has 1 amide bonds. The molecule has 7 heteroatoms. The number of aromatic nitrogens is 3. The number of hydrogen-bond acceptors (Lipinski definition) is 5. The van der Waals surface area contributed by atoms with Crippen molar-refractivity contribution in [3.05, 3.63) is 41.5 Å². The third kappa shape index (κ3) is 3.37. The molecule has 2 aromatic rings. The lowest BCUT2D eigenvalue weighted by molar-refractivity contribution is -0.120. The van der Waals surface area contributed by atoms with E-state index in [-0.39, 0.29) is 18.6 Å². The highest BCUT2D eigenvalue weighted by Crippen LogP contribution is 2.32. The van der Waals surface area contributed by atoms with Crippen LogP contribution in [0.3, 0.4) is 0 Å². The van der Waals surface area contributed by atoms with E-state index in [4.69, 9.17) is 0 Å². The molecule has 144 valence electrons. The molecule has 0 spiro atoms. The van der Waals surface area contributed by atoms with E-state index in [1.807, 2.05) is 28.6 Å². The van der Waals surface area contributed by atoms with E-state index in [0.29, 0.717) is 18.3 Å². The van der Waals surface area contributed by atoms with Gasteiger partial charge in [0.2, 0.25) is 5.91 Å². The minimum Gasteiger partial charge on any atom is -0.388 e. The normalized spacial score (nSPS) is 20.9. The first-order chi connectivity index (χ1) is 13.1. The highest BCUT2D eigenvalue weighted by molar-refractivity contribution is 5.97. The van der Waals surface area contributed by atoms with Crippen molar-refractivity contribution in [2.75, 3.05) is 24.5 Å². The van der Waals surface area contributed by atoms with Crippen molar-refractivity contribution >= 4 is 11.6 Å². The van der Waals surface area contributed by atoms with Gasteiger partial charge in [-0.05, 0) is 50.9 Å². The summed E-state index contributed by atoms with van der Waals surface area (Å²) in [6.07, 6.45) is 2.84. The molecule has 2 aliphatic heterocycles. The molecule has 1 aromatic heterocycles. The highest BCUT2D eigenvalue weighted by Gasteiger charge is 2.32. The zero-order valence-electron chi connectivity index (χ0n) is 16.0. The van der Waals surface area contributed by atoms with Crippen LogP contribution >= 0.6 is 0 Å². The van der Waals surface area contributed by atoms with Crippen molar-refractivity contribution in [2.24, 2.45) is 7.05 Å². The molecular formula is C20H27N5O2. The Bertz CT molecular complexity index is 826. The number of benzene rings is 1. The van der Waals surface area contributed by atoms with Gasteiger partial charge in [-0.25, -0.2) is 0 Å². The topological polar surface area (TPSA) is 74.5 Å². The van der Waals surface area contributed by atoms with Crippen LogP contribution in [0.25, 0.3) is 0 Å². The van der Waals surface area contributed by atoms with Crippen LogP contribution in [0.5, 0.6) is 0 Å². The van der Waals surface area contributed by atoms with Gasteiger partial charge in [0.1, 0.15) is 12.4 Å². The number of carbonyl (C=O) groups excluding carboxylic acids is 1. The third-order valence-electron chi connectivity index (χ3n) is 5.93. The number of anilines is 1. The Hall–Kier alpha value is -2.25. The van der Waals surface area contributed by atoms with Crippen LogP contribution in [0.1, 0.15) is 42.9 Å². The van der Waals surface area contributed by atoms with Crippen LogP contribution in [0, 0.1) is 0 Å². The van der Waals surface area contributed by atoms with Gasteiger partial charge in [0.15, 0.2) is 5.82 Å². The molecule has 3 heterocycles. The molecule has 0 radical (unpaired) electrons. The van der Waals surface area contributed by atoms with E-state index in [1.54, 1.807) is 0 Å². The fraction of sp³-hybridized carbons (Fsp3) is 0.550. The van der Waals surface area contributed by atoms with Gasteiger partial charge in [-0.15, -0.1) is 10.2 Å². The van der Waals surface area contributed by atoms with E-state index >= 15 is 0 Å². The quantitative estimate of drug-likeness (QED) is 0.883. The first-order valence-corrected chi connectivity index (χ1v) is 9.69. The zero-order valence-corrected chi connectivity index (χ0v) is 16.0. The number of carbonyl (C=O) groups is 1. The lowest BCUT2D eigenvalue weighted by Gasteiger charge is -2.33. The van der Waals surface area contributed by atoms with Crippen molar-refractivity contribution in [2.45, 2.75) is 44.8 Å². The van der Waals surface area contributed by atoms with E-state index in [9.17, 15) is 9.90 Å². The summed E-state index contributed by atoms with van der Waals surface area (Å²) in [5.74, 6) is 2.06. The van der Waals surface area contributed by atoms with Gasteiger partial charge in [0, 0.05) is 24.7 Å². The number of para-hydroxylation sites is 1. The number of fused-ring (bicyclic) bond motifs is 1. The maximum Gasteiger partial charge on any atom is 0.241 e. The van der Waals surface area contributed by atoms with E-state index < -0.39 is 0 Å². The van der Waals surface area contributed by atoms with Crippen molar-refractivity contribution in [3.63, 3.8) is 0 Å². The fourth-order valence-corrected chi connectivity index (χ4v) is 4.43. The number of nitrogens with zero attached hydrogens (tertiary/aromatic N) is 5. The van der Waals surface area contributed by atoms with Crippen LogP contribution in [-0.4, -0.2) is 56.4 Å². The molecule has 1 saturated heterocycles. The molecule has 27 heavy (non-hydrogen) atoms. The van der Waals surface area contributed by atoms with Gasteiger partial charge in [0.05, 0.1) is 6.54 Å². The third-order valence-corrected chi connectivity index (χ3v) is 5.93. The summed E-state index contributed by atoms with van der Waals surface area (Å²) in [6, 6.07) is 8.44. The summed E-state index contributed by atoms with van der Waals surface area (Å²) in [4.78, 5) is 17.2. The van der Waals surface area contributed by atoms with E-state index in [1.165, 1.54) is 5.56 Å². The van der Waals surface area contributed by atoms with Crippen LogP contribution in [0.2, 0.25) is 0 Å². The summed E-state index contributed by atoms with van der Waals surface area (Å²) in [5, 5.41) is 17.6. The number of aliphatic hydroxyl groups excluding tert-OH is 1. The molecule has 0 aliphatic carbocycles. The second-order valence-electron chi connectivity index (χ2n) is 7.69. The SMILES string of the molecule is CC1Cc2ccccc2N1C(=O)CN1CCC(c2nnc(CO)n2C)CC1. The summed E-state index contributed by atoms with van der Waals surface area (Å²) < 4.78 is 1.90. The molecule has 1 atom stereocenters. The first-order valence-electron chi connectivity index (χ1n) is 9.69. The average Bonchev–Trinajstić information content (AvgIpc) is 3.21. The van der Waals surface area contributed by atoms with E-state index in [2.05, 4.69) is 34.2 Å². The Morgan fingerprint density at radius 1 is 1.22 bits per heavy atom. The molecule has 4 rings (SSSR count). The van der Waals surface area contributed by atoms with Crippen LogP contribution in [0.4, 0.5) is 5.69 Å². The monoisotopic (exact) mass is 369 g/mol. The number of aliphatic hydroxyl groups is 1. The predicted molar refractivity (Wildman–Crippen MR) is 102 cm³/mol. The lowest BCUT2D eigenvalue weighted by Crippen LogP contribution is -2.45. The molecule has 1 fully saturated rings. The molecule has 7 nitrogen and oxygen atoms in total. The molecule has 1 unspecified atom stereocenters. The first kappa shape index (κ1) is 18.1. The van der Waals surface area contributed by atoms with Gasteiger partial charge in [-0.2, -0.15) is 0 Å². The minimum absolute atomic E-state index is 0.0909. The van der Waals surface area contributed by atoms with Crippen molar-refractivity contribution < 1.29 is 9.90 Å². The Kier molecular flexibility index (Phi) is 4.97. The Balaban J connectivity index is 1.37. The summed E-state index contributed by atoms with van der Waals surface area (Å²) in [5.41, 5.74) is 2.33. The Labute approximate surface area is 159 Å². The number of likely N-dealkylation sites (tertiary alicyclic amines) is 1. The van der Waals surface area contributed by atoms with Crippen molar-refractivity contribution in [1.29, 1.82) is 0 Å². The zero-order chi connectivity index (χ0) is 19.0. The standard InChI is InChI=1S/C20H27N5O2/c1-14-11-16-5-3-4-6-17(16)25(14)19(27)12-24-9-7-15(8-10-24)20-22-21-18(13-26)23(20)2/h3-6,14-15,26H,7-13H2,1-2H3. The molecule has 2 aliphatic rings. The summed E-state index contributed by atoms with van der Waals surface area (Å²) >= 11 is 0. The summed E-state index contributed by atoms with van der Waals surface area (Å²) in [6.45, 7) is 4.25. The highest BCUT2D eigenvalue weighted by atomic mass is 16.3. The molecule has 1 N–H and O–H groups in total. The van der Waals surface area contributed by atoms with Gasteiger partial charge >= 0.3 is 0 Å². The van der Waals surface area contributed by atoms with Gasteiger partial charge < -0.3 is 14.6 Å². The molecular weight excluding hydrogens is 342 g/mol. The van der Waals surface area contributed by atoms with Crippen LogP contribution in [-0.2, 0) is 24.9 Å². The van der Waals surface area contributed by atoms with Gasteiger partial charge in [-0.1, -0.05) is 18.2 Å². The second-order valence-corrected chi connectivity index (χ2v) is 7.69. The Morgan fingerprint density at radius 2 is 1.96 bits per heavy atom.